The van der Waals surface area contributed by atoms with E-state index in [1.165, 1.54) is 6.07 Å². The van der Waals surface area contributed by atoms with Gasteiger partial charge in [0.2, 0.25) is 0 Å². The van der Waals surface area contributed by atoms with Crippen LogP contribution in [0, 0.1) is 0 Å². The van der Waals surface area contributed by atoms with E-state index in [9.17, 15) is 39.6 Å². The molecule has 0 atom stereocenters. The van der Waals surface area contributed by atoms with Crippen LogP contribution in [0.15, 0.2) is 58.6 Å². The number of hydrogen-bond donors (Lipinski definition) is 1. The molecular weight excluding hydrogens is 516 g/mol. The highest BCUT2D eigenvalue weighted by atomic mass is 32.2. The molecule has 0 spiro atoms. The smallest absolute Gasteiger partial charge is 0.419 e. The zero-order valence-electron chi connectivity index (χ0n) is 18.7. The third-order valence-electron chi connectivity index (χ3n) is 4.94. The van der Waals surface area contributed by atoms with E-state index < -0.39 is 56.8 Å². The number of amides is 1. The van der Waals surface area contributed by atoms with Crippen molar-refractivity contribution in [3.05, 3.63) is 70.9 Å². The molecule has 0 unspecified atom stereocenters. The van der Waals surface area contributed by atoms with E-state index in [1.807, 2.05) is 0 Å². The zero-order chi connectivity index (χ0) is 26.9. The highest BCUT2D eigenvalue weighted by molar-refractivity contribution is 7.88. The first-order valence-corrected chi connectivity index (χ1v) is 11.7. The fourth-order valence-electron chi connectivity index (χ4n) is 3.34. The highest BCUT2D eigenvalue weighted by Crippen LogP contribution is 2.37. The maximum atomic E-state index is 13.5. The second-order valence-electron chi connectivity index (χ2n) is 7.50. The standard InChI is InChI=1S/C22H19F6N3O4S/c1-3-9-31-18(20(32)29-15-6-4-5-14(11-15)21(23,24)25)12-17(30-36(31,33)34)13-7-8-19(35-2)16(10-13)22(26,27)28/h4-8,10-12H,3,9H2,1-2H3,(H,29,32). The monoisotopic (exact) mass is 535 g/mol. The summed E-state index contributed by atoms with van der Waals surface area (Å²) >= 11 is 0. The summed E-state index contributed by atoms with van der Waals surface area (Å²) in [6.45, 7) is 1.40. The summed E-state index contributed by atoms with van der Waals surface area (Å²) in [4.78, 5) is 13.0. The molecule has 1 aliphatic rings. The molecule has 1 N–H and O–H groups in total. The molecule has 0 radical (unpaired) electrons. The Labute approximate surface area is 202 Å². The number of benzene rings is 2. The van der Waals surface area contributed by atoms with Crippen molar-refractivity contribution >= 4 is 27.5 Å². The average molecular weight is 535 g/mol. The van der Waals surface area contributed by atoms with Crippen LogP contribution < -0.4 is 10.1 Å². The Bertz CT molecular complexity index is 1330. The van der Waals surface area contributed by atoms with E-state index in [1.54, 1.807) is 6.92 Å². The van der Waals surface area contributed by atoms with Crippen LogP contribution >= 0.6 is 0 Å². The fraction of sp³-hybridized carbons (Fsp3) is 0.273. The minimum Gasteiger partial charge on any atom is -0.496 e. The summed E-state index contributed by atoms with van der Waals surface area (Å²) in [6.07, 6.45) is -8.33. The van der Waals surface area contributed by atoms with E-state index in [0.717, 1.165) is 37.5 Å². The van der Waals surface area contributed by atoms with Gasteiger partial charge in [-0.25, -0.2) is 4.31 Å². The van der Waals surface area contributed by atoms with Crippen LogP contribution in [0.2, 0.25) is 0 Å². The number of alkyl halides is 6. The Morgan fingerprint density at radius 2 is 1.75 bits per heavy atom. The van der Waals surface area contributed by atoms with Gasteiger partial charge in [-0.15, -0.1) is 4.40 Å². The van der Waals surface area contributed by atoms with Crippen molar-refractivity contribution in [3.63, 3.8) is 0 Å². The minimum atomic E-state index is -4.84. The van der Waals surface area contributed by atoms with Crippen molar-refractivity contribution in [3.8, 4) is 5.75 Å². The lowest BCUT2D eigenvalue weighted by atomic mass is 10.0. The molecule has 0 saturated carbocycles. The maximum absolute atomic E-state index is 13.5. The van der Waals surface area contributed by atoms with Crippen LogP contribution in [-0.4, -0.2) is 38.0 Å². The van der Waals surface area contributed by atoms with Gasteiger partial charge in [-0.1, -0.05) is 13.0 Å². The Morgan fingerprint density at radius 3 is 2.33 bits per heavy atom. The van der Waals surface area contributed by atoms with Gasteiger partial charge in [0.25, 0.3) is 5.91 Å². The lowest BCUT2D eigenvalue weighted by Crippen LogP contribution is -2.39. The number of allylic oxidation sites excluding steroid dienone is 1. The van der Waals surface area contributed by atoms with Crippen molar-refractivity contribution in [2.45, 2.75) is 25.7 Å². The highest BCUT2D eigenvalue weighted by Gasteiger charge is 2.37. The Morgan fingerprint density at radius 1 is 1.06 bits per heavy atom. The number of nitrogens with one attached hydrogen (secondary N) is 1. The van der Waals surface area contributed by atoms with Crippen LogP contribution in [0.1, 0.15) is 30.0 Å². The van der Waals surface area contributed by atoms with Gasteiger partial charge in [-0.3, -0.25) is 4.79 Å². The van der Waals surface area contributed by atoms with E-state index in [4.69, 9.17) is 4.74 Å². The van der Waals surface area contributed by atoms with Crippen molar-refractivity contribution in [1.29, 1.82) is 0 Å². The first-order valence-electron chi connectivity index (χ1n) is 10.3. The number of carbonyl (C=O) groups excluding carboxylic acids is 1. The summed E-state index contributed by atoms with van der Waals surface area (Å²) in [5, 5.41) is 2.21. The Hall–Kier alpha value is -3.55. The molecule has 1 heterocycles. The molecule has 0 saturated heterocycles. The number of nitrogens with zero attached hydrogens (tertiary/aromatic N) is 2. The quantitative estimate of drug-likeness (QED) is 0.527. The van der Waals surface area contributed by atoms with Gasteiger partial charge in [0, 0.05) is 17.8 Å². The van der Waals surface area contributed by atoms with Gasteiger partial charge < -0.3 is 10.1 Å². The lowest BCUT2D eigenvalue weighted by Gasteiger charge is -2.27. The third kappa shape index (κ3) is 5.80. The molecule has 7 nitrogen and oxygen atoms in total. The Balaban J connectivity index is 2.07. The van der Waals surface area contributed by atoms with E-state index in [-0.39, 0.29) is 24.2 Å². The summed E-state index contributed by atoms with van der Waals surface area (Å²) in [7, 11) is -3.53. The first-order chi connectivity index (χ1) is 16.7. The predicted octanol–water partition coefficient (Wildman–Crippen LogP) is 5.01. The Kier molecular flexibility index (Phi) is 7.39. The normalized spacial score (nSPS) is 15.7. The van der Waals surface area contributed by atoms with Crippen LogP contribution in [-0.2, 0) is 27.4 Å². The first kappa shape index (κ1) is 27.0. The maximum Gasteiger partial charge on any atom is 0.419 e. The molecule has 1 amide bonds. The van der Waals surface area contributed by atoms with Crippen molar-refractivity contribution in [1.82, 2.24) is 4.31 Å². The van der Waals surface area contributed by atoms with Gasteiger partial charge in [0.1, 0.15) is 11.4 Å². The molecule has 194 valence electrons. The lowest BCUT2D eigenvalue weighted by molar-refractivity contribution is -0.139. The SMILES string of the molecule is CCCN1C(C(=O)Nc2cccc(C(F)(F)F)c2)=CC(c2ccc(OC)c(C(F)(F)F)c2)=NS1(=O)=O. The van der Waals surface area contributed by atoms with Crippen LogP contribution in [0.25, 0.3) is 0 Å². The molecule has 2 aromatic carbocycles. The van der Waals surface area contributed by atoms with Gasteiger partial charge in [0.15, 0.2) is 0 Å². The van der Waals surface area contributed by atoms with Gasteiger partial charge in [-0.2, -0.15) is 34.8 Å². The summed E-state index contributed by atoms with van der Waals surface area (Å²) < 4.78 is 114. The van der Waals surface area contributed by atoms with Crippen molar-refractivity contribution < 1.29 is 44.3 Å². The number of methoxy groups -OCH3 is 1. The summed E-state index contributed by atoms with van der Waals surface area (Å²) in [5.74, 6) is -1.60. The largest absolute Gasteiger partial charge is 0.496 e. The number of carbonyl (C=O) groups is 1. The molecule has 2 aromatic rings. The molecule has 14 heteroatoms. The number of anilines is 1. The molecule has 0 bridgehead atoms. The van der Waals surface area contributed by atoms with Crippen molar-refractivity contribution in [2.75, 3.05) is 19.0 Å². The molecule has 0 fully saturated rings. The van der Waals surface area contributed by atoms with Crippen LogP contribution in [0.4, 0.5) is 32.0 Å². The van der Waals surface area contributed by atoms with E-state index in [2.05, 4.69) is 9.71 Å². The molecule has 0 aromatic heterocycles. The minimum absolute atomic E-state index is 0.211. The predicted molar refractivity (Wildman–Crippen MR) is 119 cm³/mol. The fourth-order valence-corrected chi connectivity index (χ4v) is 4.64. The number of halogens is 6. The summed E-state index contributed by atoms with van der Waals surface area (Å²) in [6, 6.07) is 6.41. The van der Waals surface area contributed by atoms with Gasteiger partial charge in [-0.05, 0) is 48.9 Å². The zero-order valence-corrected chi connectivity index (χ0v) is 19.6. The molecule has 1 aliphatic heterocycles. The topological polar surface area (TPSA) is 88.1 Å². The summed E-state index contributed by atoms with van der Waals surface area (Å²) in [5.41, 5.74) is -3.77. The van der Waals surface area contributed by atoms with Gasteiger partial charge >= 0.3 is 22.6 Å². The molecule has 36 heavy (non-hydrogen) atoms. The van der Waals surface area contributed by atoms with Gasteiger partial charge in [0.05, 0.1) is 23.9 Å². The number of hydrogen-bond acceptors (Lipinski definition) is 4. The number of ether oxygens (including phenoxy) is 1. The van der Waals surface area contributed by atoms with E-state index >= 15 is 0 Å². The third-order valence-corrected chi connectivity index (χ3v) is 6.31. The second kappa shape index (κ2) is 9.84. The van der Waals surface area contributed by atoms with E-state index in [0.29, 0.717) is 16.4 Å². The molecular formula is C22H19F6N3O4S. The molecule has 0 aliphatic carbocycles. The van der Waals surface area contributed by atoms with Crippen LogP contribution in [0.5, 0.6) is 5.75 Å². The second-order valence-corrected chi connectivity index (χ2v) is 9.02. The average Bonchev–Trinajstić information content (AvgIpc) is 2.78. The van der Waals surface area contributed by atoms with Crippen molar-refractivity contribution in [2.24, 2.45) is 4.40 Å². The number of rotatable bonds is 6. The van der Waals surface area contributed by atoms with Crippen LogP contribution in [0.3, 0.4) is 0 Å². The molecule has 3 rings (SSSR count).